The zero-order chi connectivity index (χ0) is 15.1. The van der Waals surface area contributed by atoms with Gasteiger partial charge in [-0.05, 0) is 12.1 Å². The highest BCUT2D eigenvalue weighted by molar-refractivity contribution is 5.93. The summed E-state index contributed by atoms with van der Waals surface area (Å²) in [4.78, 5) is 22.3. The third kappa shape index (κ3) is 4.02. The minimum Gasteiger partial charge on any atom is -0.497 e. The largest absolute Gasteiger partial charge is 0.497 e. The van der Waals surface area contributed by atoms with Crippen molar-refractivity contribution in [3.05, 3.63) is 18.2 Å². The number of anilines is 1. The van der Waals surface area contributed by atoms with Crippen LogP contribution in [0.15, 0.2) is 18.2 Å². The smallest absolute Gasteiger partial charge is 0.328 e. The fourth-order valence-electron chi connectivity index (χ4n) is 1.40. The molecule has 8 nitrogen and oxygen atoms in total. The van der Waals surface area contributed by atoms with E-state index in [0.717, 1.165) is 0 Å². The highest BCUT2D eigenvalue weighted by Crippen LogP contribution is 2.28. The van der Waals surface area contributed by atoms with Gasteiger partial charge in [-0.15, -0.1) is 0 Å². The van der Waals surface area contributed by atoms with E-state index < -0.39 is 24.6 Å². The third-order valence-corrected chi connectivity index (χ3v) is 2.44. The van der Waals surface area contributed by atoms with Gasteiger partial charge < -0.3 is 30.3 Å². The van der Waals surface area contributed by atoms with Gasteiger partial charge in [-0.1, -0.05) is 0 Å². The van der Waals surface area contributed by atoms with Crippen LogP contribution in [0.3, 0.4) is 0 Å². The number of hydrogen-bond acceptors (Lipinski definition) is 5. The van der Waals surface area contributed by atoms with Gasteiger partial charge in [0.25, 0.3) is 0 Å². The summed E-state index contributed by atoms with van der Waals surface area (Å²) < 4.78 is 10.1. The van der Waals surface area contributed by atoms with Crippen molar-refractivity contribution in [2.75, 3.05) is 26.1 Å². The molecule has 1 atom stereocenters. The lowest BCUT2D eigenvalue weighted by Gasteiger charge is -2.15. The predicted octanol–water partition coefficient (Wildman–Crippen LogP) is 0.271. The first kappa shape index (κ1) is 15.6. The second-order valence-corrected chi connectivity index (χ2v) is 3.74. The maximum atomic E-state index is 11.6. The maximum absolute atomic E-state index is 11.6. The Morgan fingerprint density at radius 1 is 1.30 bits per heavy atom. The van der Waals surface area contributed by atoms with Crippen LogP contribution in [-0.4, -0.2) is 49.1 Å². The summed E-state index contributed by atoms with van der Waals surface area (Å²) in [7, 11) is 2.92. The number of amides is 2. The molecule has 2 amide bonds. The Labute approximate surface area is 115 Å². The van der Waals surface area contributed by atoms with E-state index in [0.29, 0.717) is 17.2 Å². The van der Waals surface area contributed by atoms with Crippen LogP contribution in [0.4, 0.5) is 10.5 Å². The Morgan fingerprint density at radius 3 is 2.50 bits per heavy atom. The van der Waals surface area contributed by atoms with E-state index in [9.17, 15) is 9.59 Å². The second kappa shape index (κ2) is 7.19. The molecule has 0 aliphatic rings. The summed E-state index contributed by atoms with van der Waals surface area (Å²) in [5.74, 6) is -0.425. The number of urea groups is 1. The van der Waals surface area contributed by atoms with Crippen LogP contribution in [0.25, 0.3) is 0 Å². The summed E-state index contributed by atoms with van der Waals surface area (Å²) >= 11 is 0. The molecular formula is C12H16N2O6. The van der Waals surface area contributed by atoms with Crippen LogP contribution in [0, 0.1) is 0 Å². The van der Waals surface area contributed by atoms with Crippen molar-refractivity contribution >= 4 is 17.7 Å². The third-order valence-electron chi connectivity index (χ3n) is 2.44. The number of aliphatic hydroxyl groups excluding tert-OH is 1. The summed E-state index contributed by atoms with van der Waals surface area (Å²) in [6.45, 7) is -0.706. The van der Waals surface area contributed by atoms with Gasteiger partial charge in [0, 0.05) is 6.07 Å². The normalized spacial score (nSPS) is 11.3. The predicted molar refractivity (Wildman–Crippen MR) is 70.2 cm³/mol. The molecule has 20 heavy (non-hydrogen) atoms. The molecule has 1 rings (SSSR count). The number of aliphatic carboxylic acids is 1. The summed E-state index contributed by atoms with van der Waals surface area (Å²) in [6, 6.07) is 2.58. The molecule has 0 unspecified atom stereocenters. The molecular weight excluding hydrogens is 268 g/mol. The lowest BCUT2D eigenvalue weighted by atomic mass is 10.2. The molecule has 0 saturated heterocycles. The maximum Gasteiger partial charge on any atom is 0.328 e. The van der Waals surface area contributed by atoms with Crippen LogP contribution in [0.2, 0.25) is 0 Å². The first-order chi connectivity index (χ1) is 9.51. The average Bonchev–Trinajstić information content (AvgIpc) is 2.44. The van der Waals surface area contributed by atoms with Gasteiger partial charge >= 0.3 is 12.0 Å². The fraction of sp³-hybridized carbons (Fsp3) is 0.333. The van der Waals surface area contributed by atoms with Crippen LogP contribution >= 0.6 is 0 Å². The van der Waals surface area contributed by atoms with E-state index in [1.807, 2.05) is 0 Å². The van der Waals surface area contributed by atoms with Crippen LogP contribution in [0.5, 0.6) is 11.5 Å². The van der Waals surface area contributed by atoms with Crippen molar-refractivity contribution in [3.63, 3.8) is 0 Å². The van der Waals surface area contributed by atoms with Gasteiger partial charge in [0.2, 0.25) is 0 Å². The SMILES string of the molecule is COc1ccc(NC(=O)N[C@@H](CO)C(=O)O)c(OC)c1. The molecule has 0 radical (unpaired) electrons. The highest BCUT2D eigenvalue weighted by atomic mass is 16.5. The van der Waals surface area contributed by atoms with Crippen LogP contribution < -0.4 is 20.1 Å². The van der Waals surface area contributed by atoms with Gasteiger partial charge in [0.1, 0.15) is 11.5 Å². The monoisotopic (exact) mass is 284 g/mol. The quantitative estimate of drug-likeness (QED) is 0.595. The molecule has 1 aromatic rings. The van der Waals surface area contributed by atoms with Crippen molar-refractivity contribution in [2.45, 2.75) is 6.04 Å². The molecule has 0 aliphatic carbocycles. The Morgan fingerprint density at radius 2 is 2.00 bits per heavy atom. The molecule has 1 aromatic carbocycles. The molecule has 0 saturated carbocycles. The van der Waals surface area contributed by atoms with E-state index in [1.54, 1.807) is 18.2 Å². The summed E-state index contributed by atoms with van der Waals surface area (Å²) in [5.41, 5.74) is 0.341. The van der Waals surface area contributed by atoms with Crippen molar-refractivity contribution in [2.24, 2.45) is 0 Å². The number of hydrogen-bond donors (Lipinski definition) is 4. The highest BCUT2D eigenvalue weighted by Gasteiger charge is 2.19. The van der Waals surface area contributed by atoms with Gasteiger partial charge in [-0.3, -0.25) is 0 Å². The second-order valence-electron chi connectivity index (χ2n) is 3.74. The molecule has 0 spiro atoms. The lowest BCUT2D eigenvalue weighted by Crippen LogP contribution is -2.45. The van der Waals surface area contributed by atoms with Gasteiger partial charge in [0.05, 0.1) is 26.5 Å². The average molecular weight is 284 g/mol. The summed E-state index contributed by atoms with van der Waals surface area (Å²) in [5, 5.41) is 22.1. The number of nitrogens with one attached hydrogen (secondary N) is 2. The molecule has 8 heteroatoms. The Hall–Kier alpha value is -2.48. The van der Waals surface area contributed by atoms with Crippen molar-refractivity contribution in [3.8, 4) is 11.5 Å². The van der Waals surface area contributed by atoms with Crippen LogP contribution in [-0.2, 0) is 4.79 Å². The number of carboxylic acids is 1. The first-order valence-corrected chi connectivity index (χ1v) is 5.65. The van der Waals surface area contributed by atoms with Crippen molar-refractivity contribution < 1.29 is 29.3 Å². The van der Waals surface area contributed by atoms with E-state index in [-0.39, 0.29) is 0 Å². The zero-order valence-corrected chi connectivity index (χ0v) is 11.0. The Bertz CT molecular complexity index is 491. The molecule has 0 fully saturated rings. The number of carbonyl (C=O) groups is 2. The Kier molecular flexibility index (Phi) is 5.60. The number of ether oxygens (including phenoxy) is 2. The van der Waals surface area contributed by atoms with Gasteiger partial charge in [-0.25, -0.2) is 9.59 Å². The zero-order valence-electron chi connectivity index (χ0n) is 11.0. The topological polar surface area (TPSA) is 117 Å². The van der Waals surface area contributed by atoms with E-state index in [4.69, 9.17) is 19.7 Å². The van der Waals surface area contributed by atoms with Gasteiger partial charge in [0.15, 0.2) is 6.04 Å². The molecule has 110 valence electrons. The molecule has 0 bridgehead atoms. The van der Waals surface area contributed by atoms with Gasteiger partial charge in [-0.2, -0.15) is 0 Å². The summed E-state index contributed by atoms with van der Waals surface area (Å²) in [6.07, 6.45) is 0. The van der Waals surface area contributed by atoms with Crippen molar-refractivity contribution in [1.29, 1.82) is 0 Å². The number of benzene rings is 1. The first-order valence-electron chi connectivity index (χ1n) is 5.65. The standard InChI is InChI=1S/C12H16N2O6/c1-19-7-3-4-8(10(5-7)20-2)13-12(18)14-9(6-15)11(16)17/h3-5,9,15H,6H2,1-2H3,(H,16,17)(H2,13,14,18)/t9-/m0/s1. The van der Waals surface area contributed by atoms with E-state index >= 15 is 0 Å². The molecule has 0 aliphatic heterocycles. The minimum absolute atomic E-state index is 0.341. The number of carbonyl (C=O) groups excluding carboxylic acids is 1. The number of rotatable bonds is 6. The van der Waals surface area contributed by atoms with Crippen LogP contribution in [0.1, 0.15) is 0 Å². The Balaban J connectivity index is 2.77. The molecule has 0 aromatic heterocycles. The van der Waals surface area contributed by atoms with E-state index in [1.165, 1.54) is 14.2 Å². The lowest BCUT2D eigenvalue weighted by molar-refractivity contribution is -0.140. The molecule has 0 heterocycles. The van der Waals surface area contributed by atoms with E-state index in [2.05, 4.69) is 10.6 Å². The fourth-order valence-corrected chi connectivity index (χ4v) is 1.40. The van der Waals surface area contributed by atoms with Crippen molar-refractivity contribution in [1.82, 2.24) is 5.32 Å². The number of carboxylic acid groups (broad SMARTS) is 1. The minimum atomic E-state index is -1.38. The number of aliphatic hydroxyl groups is 1. The molecule has 4 N–H and O–H groups in total. The number of methoxy groups -OCH3 is 2.